The van der Waals surface area contributed by atoms with E-state index < -0.39 is 0 Å². The lowest BCUT2D eigenvalue weighted by Gasteiger charge is -2.22. The molecule has 1 aliphatic heterocycles. The number of aromatic amines is 1. The third-order valence-corrected chi connectivity index (χ3v) is 6.17. The summed E-state index contributed by atoms with van der Waals surface area (Å²) in [6.45, 7) is 0. The standard InChI is InChI=1S/C29H23N3/c1-3-9-21(10-4-1)22-15-17-23(18-16-22)27-20-29(32(31-27)25-12-5-2-6-13-25)28-19-24-11-7-8-14-26(24)30-28/h1-19,29-30H,20H2. The van der Waals surface area contributed by atoms with Crippen molar-refractivity contribution in [1.82, 2.24) is 4.98 Å². The van der Waals surface area contributed by atoms with Crippen LogP contribution in [0.4, 0.5) is 5.69 Å². The molecule has 0 amide bonds. The van der Waals surface area contributed by atoms with Crippen LogP contribution in [0.3, 0.4) is 0 Å². The molecule has 0 aliphatic carbocycles. The maximum Gasteiger partial charge on any atom is 0.0980 e. The van der Waals surface area contributed by atoms with Crippen LogP contribution in [0.25, 0.3) is 22.0 Å². The van der Waals surface area contributed by atoms with E-state index in [1.54, 1.807) is 0 Å². The van der Waals surface area contributed by atoms with Crippen molar-refractivity contribution in [1.29, 1.82) is 0 Å². The van der Waals surface area contributed by atoms with Gasteiger partial charge in [0.1, 0.15) is 0 Å². The summed E-state index contributed by atoms with van der Waals surface area (Å²) in [5.74, 6) is 0. The van der Waals surface area contributed by atoms with Crippen LogP contribution in [0, 0.1) is 0 Å². The van der Waals surface area contributed by atoms with Crippen molar-refractivity contribution in [2.45, 2.75) is 12.5 Å². The van der Waals surface area contributed by atoms with E-state index in [0.717, 1.165) is 23.3 Å². The fraction of sp³-hybridized carbons (Fsp3) is 0.0690. The van der Waals surface area contributed by atoms with Crippen LogP contribution in [-0.4, -0.2) is 10.7 Å². The molecule has 0 bridgehead atoms. The molecule has 4 aromatic carbocycles. The van der Waals surface area contributed by atoms with Gasteiger partial charge in [0.05, 0.1) is 17.4 Å². The number of rotatable bonds is 4. The maximum atomic E-state index is 5.09. The highest BCUT2D eigenvalue weighted by Crippen LogP contribution is 2.37. The molecule has 154 valence electrons. The van der Waals surface area contributed by atoms with Crippen molar-refractivity contribution in [2.75, 3.05) is 5.01 Å². The number of benzene rings is 4. The predicted molar refractivity (Wildman–Crippen MR) is 133 cm³/mol. The Balaban J connectivity index is 1.37. The number of aromatic nitrogens is 1. The molecule has 1 N–H and O–H groups in total. The highest BCUT2D eigenvalue weighted by molar-refractivity contribution is 6.03. The number of H-pyrrole nitrogens is 1. The summed E-state index contributed by atoms with van der Waals surface area (Å²) in [6, 6.07) is 40.5. The Labute approximate surface area is 187 Å². The van der Waals surface area contributed by atoms with E-state index in [2.05, 4.69) is 113 Å². The number of anilines is 1. The highest BCUT2D eigenvalue weighted by Gasteiger charge is 2.31. The smallest absolute Gasteiger partial charge is 0.0980 e. The minimum atomic E-state index is 0.133. The Morgan fingerprint density at radius 2 is 1.28 bits per heavy atom. The number of hydrazone groups is 1. The molecule has 1 unspecified atom stereocenters. The Hall–Kier alpha value is -4.11. The summed E-state index contributed by atoms with van der Waals surface area (Å²) >= 11 is 0. The summed E-state index contributed by atoms with van der Waals surface area (Å²) in [5.41, 5.74) is 8.19. The molecule has 3 nitrogen and oxygen atoms in total. The largest absolute Gasteiger partial charge is 0.357 e. The van der Waals surface area contributed by atoms with E-state index in [1.165, 1.54) is 27.8 Å². The SMILES string of the molecule is c1ccc(-c2ccc(C3=NN(c4ccccc4)C(c4cc5ccccc5[nH]4)C3)cc2)cc1. The van der Waals surface area contributed by atoms with Crippen molar-refractivity contribution < 1.29 is 0 Å². The number of para-hydroxylation sites is 2. The second-order valence-electron chi connectivity index (χ2n) is 8.20. The molecular weight excluding hydrogens is 390 g/mol. The summed E-state index contributed by atoms with van der Waals surface area (Å²) in [7, 11) is 0. The first kappa shape index (κ1) is 18.6. The van der Waals surface area contributed by atoms with E-state index in [1.807, 2.05) is 12.1 Å². The van der Waals surface area contributed by atoms with Gasteiger partial charge in [-0.25, -0.2) is 0 Å². The number of fused-ring (bicyclic) bond motifs is 1. The molecular formula is C29H23N3. The van der Waals surface area contributed by atoms with Crippen molar-refractivity contribution in [3.8, 4) is 11.1 Å². The lowest BCUT2D eigenvalue weighted by atomic mass is 9.99. The molecule has 5 aromatic rings. The fourth-order valence-electron chi connectivity index (χ4n) is 4.51. The summed E-state index contributed by atoms with van der Waals surface area (Å²) in [5, 5.41) is 8.48. The average Bonchev–Trinajstić information content (AvgIpc) is 3.50. The van der Waals surface area contributed by atoms with Crippen LogP contribution in [0.2, 0.25) is 0 Å². The molecule has 6 rings (SSSR count). The van der Waals surface area contributed by atoms with Gasteiger partial charge in [0, 0.05) is 17.6 Å². The van der Waals surface area contributed by atoms with Gasteiger partial charge in [-0.2, -0.15) is 5.10 Å². The zero-order valence-electron chi connectivity index (χ0n) is 17.6. The molecule has 1 aliphatic rings. The summed E-state index contributed by atoms with van der Waals surface area (Å²) < 4.78 is 0. The van der Waals surface area contributed by atoms with E-state index in [4.69, 9.17) is 5.10 Å². The van der Waals surface area contributed by atoms with E-state index in [-0.39, 0.29) is 6.04 Å². The molecule has 0 saturated carbocycles. The molecule has 32 heavy (non-hydrogen) atoms. The van der Waals surface area contributed by atoms with Crippen molar-refractivity contribution in [3.63, 3.8) is 0 Å². The fourth-order valence-corrected chi connectivity index (χ4v) is 4.51. The van der Waals surface area contributed by atoms with Gasteiger partial charge in [-0.3, -0.25) is 5.01 Å². The molecule has 0 radical (unpaired) electrons. The topological polar surface area (TPSA) is 31.4 Å². The van der Waals surface area contributed by atoms with Crippen LogP contribution in [0.15, 0.2) is 120 Å². The normalized spacial score (nSPS) is 15.8. The quantitative estimate of drug-likeness (QED) is 0.332. The number of hydrogen-bond donors (Lipinski definition) is 1. The first-order chi connectivity index (χ1) is 15.8. The monoisotopic (exact) mass is 413 g/mol. The second-order valence-corrected chi connectivity index (χ2v) is 8.20. The van der Waals surface area contributed by atoms with Gasteiger partial charge in [-0.05, 0) is 46.3 Å². The van der Waals surface area contributed by atoms with Gasteiger partial charge in [-0.1, -0.05) is 91.0 Å². The highest BCUT2D eigenvalue weighted by atomic mass is 15.5. The van der Waals surface area contributed by atoms with Crippen LogP contribution in [0.5, 0.6) is 0 Å². The summed E-state index contributed by atoms with van der Waals surface area (Å²) in [4.78, 5) is 3.62. The van der Waals surface area contributed by atoms with Gasteiger partial charge < -0.3 is 4.98 Å². The first-order valence-corrected chi connectivity index (χ1v) is 11.0. The molecule has 0 fully saturated rings. The zero-order chi connectivity index (χ0) is 21.3. The molecule has 3 heteroatoms. The van der Waals surface area contributed by atoms with Gasteiger partial charge >= 0.3 is 0 Å². The third kappa shape index (κ3) is 3.38. The Bertz CT molecular complexity index is 1350. The van der Waals surface area contributed by atoms with Gasteiger partial charge in [0.2, 0.25) is 0 Å². The molecule has 0 saturated heterocycles. The molecule has 1 atom stereocenters. The minimum absolute atomic E-state index is 0.133. The van der Waals surface area contributed by atoms with Gasteiger partial charge in [0.15, 0.2) is 0 Å². The average molecular weight is 414 g/mol. The van der Waals surface area contributed by atoms with E-state index in [0.29, 0.717) is 0 Å². The number of nitrogens with one attached hydrogen (secondary N) is 1. The number of nitrogens with zero attached hydrogens (tertiary/aromatic N) is 2. The Morgan fingerprint density at radius 3 is 2.03 bits per heavy atom. The van der Waals surface area contributed by atoms with Crippen molar-refractivity contribution in [2.24, 2.45) is 5.10 Å². The van der Waals surface area contributed by atoms with E-state index >= 15 is 0 Å². The Morgan fingerprint density at radius 1 is 0.656 bits per heavy atom. The third-order valence-electron chi connectivity index (χ3n) is 6.17. The first-order valence-electron chi connectivity index (χ1n) is 11.0. The van der Waals surface area contributed by atoms with Crippen molar-refractivity contribution in [3.05, 3.63) is 127 Å². The van der Waals surface area contributed by atoms with Crippen LogP contribution in [0.1, 0.15) is 23.7 Å². The predicted octanol–water partition coefficient (Wildman–Crippen LogP) is 7.19. The van der Waals surface area contributed by atoms with E-state index in [9.17, 15) is 0 Å². The summed E-state index contributed by atoms with van der Waals surface area (Å²) in [6.07, 6.45) is 0.854. The van der Waals surface area contributed by atoms with Gasteiger partial charge in [-0.15, -0.1) is 0 Å². The zero-order valence-corrected chi connectivity index (χ0v) is 17.6. The molecule has 2 heterocycles. The lowest BCUT2D eigenvalue weighted by Crippen LogP contribution is -2.18. The molecule has 0 spiro atoms. The maximum absolute atomic E-state index is 5.09. The van der Waals surface area contributed by atoms with Crippen LogP contribution >= 0.6 is 0 Å². The van der Waals surface area contributed by atoms with Gasteiger partial charge in [0.25, 0.3) is 0 Å². The second kappa shape index (κ2) is 7.86. The van der Waals surface area contributed by atoms with Crippen LogP contribution in [-0.2, 0) is 0 Å². The molecule has 1 aromatic heterocycles. The lowest BCUT2D eigenvalue weighted by molar-refractivity contribution is 0.692. The number of hydrogen-bond acceptors (Lipinski definition) is 2. The Kier molecular flexibility index (Phi) is 4.58. The minimum Gasteiger partial charge on any atom is -0.357 e. The van der Waals surface area contributed by atoms with Crippen LogP contribution < -0.4 is 5.01 Å². The van der Waals surface area contributed by atoms with Crippen molar-refractivity contribution >= 4 is 22.3 Å².